The minimum absolute atomic E-state index is 0.328. The van der Waals surface area contributed by atoms with E-state index in [1.54, 1.807) is 6.92 Å². The highest BCUT2D eigenvalue weighted by molar-refractivity contribution is 6.16. The van der Waals surface area contributed by atoms with Gasteiger partial charge in [0.05, 0.1) is 16.8 Å². The number of fused-ring (bicyclic) bond motifs is 1. The molecule has 1 atom stereocenters. The van der Waals surface area contributed by atoms with Crippen LogP contribution in [-0.2, 0) is 19.1 Å². The van der Waals surface area contributed by atoms with Gasteiger partial charge in [-0.25, -0.2) is 14.6 Å². The van der Waals surface area contributed by atoms with Gasteiger partial charge in [-0.1, -0.05) is 13.8 Å². The molecule has 0 spiro atoms. The lowest BCUT2D eigenvalue weighted by atomic mass is 9.63. The van der Waals surface area contributed by atoms with Crippen molar-refractivity contribution < 1.29 is 19.1 Å². The van der Waals surface area contributed by atoms with Crippen molar-refractivity contribution in [2.45, 2.75) is 33.3 Å². The lowest BCUT2D eigenvalue weighted by Crippen LogP contribution is -2.49. The second kappa shape index (κ2) is 5.31. The molecule has 0 fully saturated rings. The third kappa shape index (κ3) is 2.16. The number of esters is 2. The molecule has 3 aliphatic rings. The molecule has 0 saturated carbocycles. The zero-order chi connectivity index (χ0) is 19.7. The van der Waals surface area contributed by atoms with E-state index in [9.17, 15) is 9.59 Å². The number of anilines is 1. The molecule has 0 aromatic heterocycles. The van der Waals surface area contributed by atoms with Crippen molar-refractivity contribution in [3.05, 3.63) is 52.2 Å². The summed E-state index contributed by atoms with van der Waals surface area (Å²) < 4.78 is 11.2. The minimum atomic E-state index is -0.866. The fourth-order valence-corrected chi connectivity index (χ4v) is 4.02. The number of nitrogens with zero attached hydrogens (tertiary/aromatic N) is 2. The van der Waals surface area contributed by atoms with Gasteiger partial charge >= 0.3 is 11.9 Å². The molecule has 6 nitrogen and oxygen atoms in total. The van der Waals surface area contributed by atoms with Gasteiger partial charge in [-0.15, -0.1) is 0 Å². The highest BCUT2D eigenvalue weighted by Crippen LogP contribution is 2.56. The summed E-state index contributed by atoms with van der Waals surface area (Å²) in [5, 5.41) is 0. The van der Waals surface area contributed by atoms with Gasteiger partial charge in [0.2, 0.25) is 5.90 Å². The van der Waals surface area contributed by atoms with E-state index in [1.165, 1.54) is 0 Å². The monoisotopic (exact) mass is 366 g/mol. The van der Waals surface area contributed by atoms with Crippen LogP contribution < -0.4 is 4.90 Å². The van der Waals surface area contributed by atoms with Crippen LogP contribution in [0.5, 0.6) is 0 Å². The van der Waals surface area contributed by atoms with Gasteiger partial charge in [-0.2, -0.15) is 0 Å². The number of ether oxygens (including phenoxy) is 2. The maximum Gasteiger partial charge on any atom is 0.346 e. The van der Waals surface area contributed by atoms with Crippen molar-refractivity contribution in [3.63, 3.8) is 0 Å². The van der Waals surface area contributed by atoms with E-state index in [0.717, 1.165) is 11.3 Å². The lowest BCUT2D eigenvalue weighted by Gasteiger charge is -2.43. The van der Waals surface area contributed by atoms with E-state index in [1.807, 2.05) is 64.0 Å². The van der Waals surface area contributed by atoms with Crippen LogP contribution in [-0.4, -0.2) is 37.5 Å². The molecule has 27 heavy (non-hydrogen) atoms. The number of aliphatic imine (C=N–C) groups is 1. The first-order valence-electron chi connectivity index (χ1n) is 8.86. The van der Waals surface area contributed by atoms with Crippen LogP contribution in [0.15, 0.2) is 51.7 Å². The van der Waals surface area contributed by atoms with E-state index >= 15 is 0 Å². The molecule has 0 N–H and O–H groups in total. The predicted octanol–water partition coefficient (Wildman–Crippen LogP) is 2.98. The summed E-state index contributed by atoms with van der Waals surface area (Å²) in [7, 11) is 3.96. The summed E-state index contributed by atoms with van der Waals surface area (Å²) in [4.78, 5) is 31.3. The zero-order valence-electron chi connectivity index (χ0n) is 16.3. The second-order valence-electron chi connectivity index (χ2n) is 8.02. The molecular formula is C21H22N2O4. The number of benzene rings is 1. The number of hydrogen-bond donors (Lipinski definition) is 0. The van der Waals surface area contributed by atoms with Crippen LogP contribution >= 0.6 is 0 Å². The van der Waals surface area contributed by atoms with Gasteiger partial charge in [0, 0.05) is 30.8 Å². The largest absolute Gasteiger partial charge is 0.463 e. The highest BCUT2D eigenvalue weighted by Gasteiger charge is 2.61. The Balaban J connectivity index is 1.85. The number of hydrogen-bond acceptors (Lipinski definition) is 6. The van der Waals surface area contributed by atoms with E-state index in [4.69, 9.17) is 14.5 Å². The molecule has 1 aliphatic carbocycles. The summed E-state index contributed by atoms with van der Waals surface area (Å²) in [6.07, 6.45) is 0. The van der Waals surface area contributed by atoms with Crippen molar-refractivity contribution in [2.24, 2.45) is 10.4 Å². The van der Waals surface area contributed by atoms with Gasteiger partial charge in [-0.05, 0) is 43.7 Å². The topological polar surface area (TPSA) is 68.2 Å². The molecule has 2 heterocycles. The maximum absolute atomic E-state index is 12.3. The number of rotatable bonds is 2. The van der Waals surface area contributed by atoms with Crippen LogP contribution in [0.1, 0.15) is 33.3 Å². The fourth-order valence-electron chi connectivity index (χ4n) is 4.02. The molecule has 6 heteroatoms. The van der Waals surface area contributed by atoms with Gasteiger partial charge in [0.1, 0.15) is 0 Å². The minimum Gasteiger partial charge on any atom is -0.463 e. The number of carbonyl (C=O) groups is 2. The van der Waals surface area contributed by atoms with Crippen LogP contribution in [0.2, 0.25) is 0 Å². The molecular weight excluding hydrogens is 344 g/mol. The Kier molecular flexibility index (Phi) is 3.45. The Hall–Kier alpha value is -2.89. The zero-order valence-corrected chi connectivity index (χ0v) is 16.3. The first kappa shape index (κ1) is 17.5. The summed E-state index contributed by atoms with van der Waals surface area (Å²) in [6.45, 7) is 7.49. The third-order valence-electron chi connectivity index (χ3n) is 5.99. The Morgan fingerprint density at radius 2 is 1.63 bits per heavy atom. The summed E-state index contributed by atoms with van der Waals surface area (Å²) in [5.41, 5.74) is 2.30. The average Bonchev–Trinajstić information content (AvgIpc) is 3.12. The molecule has 1 aromatic rings. The summed E-state index contributed by atoms with van der Waals surface area (Å²) >= 11 is 0. The molecule has 0 bridgehead atoms. The van der Waals surface area contributed by atoms with Crippen LogP contribution in [0.4, 0.5) is 5.69 Å². The van der Waals surface area contributed by atoms with Gasteiger partial charge in [-0.3, -0.25) is 0 Å². The molecule has 0 amide bonds. The van der Waals surface area contributed by atoms with Crippen molar-refractivity contribution in [2.75, 3.05) is 19.0 Å². The Morgan fingerprint density at radius 1 is 1.00 bits per heavy atom. The summed E-state index contributed by atoms with van der Waals surface area (Å²) in [6, 6.07) is 7.91. The van der Waals surface area contributed by atoms with Crippen molar-refractivity contribution in [1.29, 1.82) is 0 Å². The van der Waals surface area contributed by atoms with E-state index in [0.29, 0.717) is 28.3 Å². The second-order valence-corrected chi connectivity index (χ2v) is 8.02. The Labute approximate surface area is 158 Å². The molecule has 0 saturated heterocycles. The Morgan fingerprint density at radius 3 is 2.22 bits per heavy atom. The number of cyclic esters (lactones) is 2. The number of carbonyl (C=O) groups excluding carboxylic acids is 2. The SMILES string of the molecule is CC1=C2N=C(c3ccc(N(C)C)cc3)OC2(C)C(C)(C)C2=C1C(=O)OC2=O. The van der Waals surface area contributed by atoms with Gasteiger partial charge < -0.3 is 14.4 Å². The molecule has 140 valence electrons. The van der Waals surface area contributed by atoms with E-state index in [2.05, 4.69) is 0 Å². The molecule has 4 rings (SSSR count). The van der Waals surface area contributed by atoms with Gasteiger partial charge in [0.15, 0.2) is 5.60 Å². The normalized spacial score (nSPS) is 25.8. The molecule has 2 aliphatic heterocycles. The predicted molar refractivity (Wildman–Crippen MR) is 101 cm³/mol. The quantitative estimate of drug-likeness (QED) is 0.595. The first-order chi connectivity index (χ1) is 12.6. The van der Waals surface area contributed by atoms with Crippen LogP contribution in [0.3, 0.4) is 0 Å². The standard InChI is InChI=1S/C21H22N2O4/c1-11-14-15(19(25)26-18(14)24)20(2,3)21(4)16(11)22-17(27-21)12-7-9-13(10-8-12)23(5)6/h7-10H,1-6H3. The molecule has 0 radical (unpaired) electrons. The van der Waals surface area contributed by atoms with Crippen LogP contribution in [0.25, 0.3) is 0 Å². The van der Waals surface area contributed by atoms with Crippen molar-refractivity contribution >= 4 is 23.5 Å². The third-order valence-corrected chi connectivity index (χ3v) is 5.99. The Bertz CT molecular complexity index is 980. The average molecular weight is 366 g/mol. The van der Waals surface area contributed by atoms with Crippen molar-refractivity contribution in [1.82, 2.24) is 0 Å². The maximum atomic E-state index is 12.3. The van der Waals surface area contributed by atoms with Crippen LogP contribution in [0, 0.1) is 5.41 Å². The highest BCUT2D eigenvalue weighted by atomic mass is 16.6. The molecule has 1 aromatic carbocycles. The summed E-state index contributed by atoms with van der Waals surface area (Å²) in [5.74, 6) is -0.701. The first-order valence-corrected chi connectivity index (χ1v) is 8.86. The smallest absolute Gasteiger partial charge is 0.346 e. The van der Waals surface area contributed by atoms with Crippen molar-refractivity contribution in [3.8, 4) is 0 Å². The lowest BCUT2D eigenvalue weighted by molar-refractivity contribution is -0.151. The van der Waals surface area contributed by atoms with E-state index < -0.39 is 23.0 Å². The van der Waals surface area contributed by atoms with Gasteiger partial charge in [0.25, 0.3) is 0 Å². The molecule has 1 unspecified atom stereocenters. The van der Waals surface area contributed by atoms with E-state index in [-0.39, 0.29) is 0 Å². The fraction of sp³-hybridized carbons (Fsp3) is 0.381.